The van der Waals surface area contributed by atoms with Crippen molar-refractivity contribution in [3.63, 3.8) is 0 Å². The average molecular weight is 226 g/mol. The van der Waals surface area contributed by atoms with Crippen LogP contribution in [0.2, 0.25) is 0 Å². The lowest BCUT2D eigenvalue weighted by Crippen LogP contribution is -2.05. The zero-order valence-electron chi connectivity index (χ0n) is 9.09. The van der Waals surface area contributed by atoms with Crippen LogP contribution in [0.4, 0.5) is 0 Å². The Morgan fingerprint density at radius 2 is 2.24 bits per heavy atom. The van der Waals surface area contributed by atoms with Gasteiger partial charge in [-0.3, -0.25) is 4.79 Å². The van der Waals surface area contributed by atoms with Crippen molar-refractivity contribution >= 4 is 5.78 Å². The van der Waals surface area contributed by atoms with E-state index >= 15 is 0 Å². The number of ether oxygens (including phenoxy) is 1. The van der Waals surface area contributed by atoms with E-state index in [1.807, 2.05) is 12.1 Å². The molecule has 2 aromatic rings. The number of para-hydroxylation sites is 1. The third kappa shape index (κ3) is 1.67. The standard InChI is InChI=1S/C13H10N2O2/c16-12(11-4-6-14-8-15-11)10-3-1-2-9-5-7-17-13(9)10/h1-4,6,8H,5,7H2. The van der Waals surface area contributed by atoms with Crippen LogP contribution >= 0.6 is 0 Å². The molecule has 0 radical (unpaired) electrons. The van der Waals surface area contributed by atoms with Gasteiger partial charge in [0.1, 0.15) is 17.8 Å². The lowest BCUT2D eigenvalue weighted by molar-refractivity contribution is 0.103. The summed E-state index contributed by atoms with van der Waals surface area (Å²) < 4.78 is 5.51. The van der Waals surface area contributed by atoms with Crippen LogP contribution in [-0.4, -0.2) is 22.4 Å². The molecular weight excluding hydrogens is 216 g/mol. The number of aromatic nitrogens is 2. The van der Waals surface area contributed by atoms with Gasteiger partial charge in [-0.15, -0.1) is 0 Å². The van der Waals surface area contributed by atoms with Crippen molar-refractivity contribution in [1.82, 2.24) is 9.97 Å². The summed E-state index contributed by atoms with van der Waals surface area (Å²) in [6.07, 6.45) is 3.79. The van der Waals surface area contributed by atoms with Crippen LogP contribution in [0.15, 0.2) is 36.8 Å². The molecule has 1 aromatic carbocycles. The van der Waals surface area contributed by atoms with E-state index in [4.69, 9.17) is 4.74 Å². The first-order valence-corrected chi connectivity index (χ1v) is 5.41. The molecule has 0 spiro atoms. The molecule has 84 valence electrons. The van der Waals surface area contributed by atoms with E-state index < -0.39 is 0 Å². The Balaban J connectivity index is 2.06. The van der Waals surface area contributed by atoms with Gasteiger partial charge in [0.05, 0.1) is 12.2 Å². The number of benzene rings is 1. The lowest BCUT2D eigenvalue weighted by atomic mass is 10.0. The van der Waals surface area contributed by atoms with Crippen LogP contribution in [0.5, 0.6) is 5.75 Å². The number of carbonyl (C=O) groups excluding carboxylic acids is 1. The van der Waals surface area contributed by atoms with E-state index in [9.17, 15) is 4.79 Å². The van der Waals surface area contributed by atoms with Crippen LogP contribution in [0.1, 0.15) is 21.6 Å². The Morgan fingerprint density at radius 1 is 1.29 bits per heavy atom. The van der Waals surface area contributed by atoms with Crippen molar-refractivity contribution in [3.8, 4) is 5.75 Å². The fourth-order valence-corrected chi connectivity index (χ4v) is 1.96. The van der Waals surface area contributed by atoms with Gasteiger partial charge in [-0.05, 0) is 17.7 Å². The highest BCUT2D eigenvalue weighted by Gasteiger charge is 2.21. The van der Waals surface area contributed by atoms with Gasteiger partial charge in [0.15, 0.2) is 0 Å². The van der Waals surface area contributed by atoms with Crippen LogP contribution in [0.25, 0.3) is 0 Å². The fourth-order valence-electron chi connectivity index (χ4n) is 1.96. The first-order chi connectivity index (χ1) is 8.36. The maximum Gasteiger partial charge on any atom is 0.215 e. The molecule has 0 fully saturated rings. The maximum atomic E-state index is 12.2. The minimum absolute atomic E-state index is 0.119. The molecule has 4 nitrogen and oxygen atoms in total. The SMILES string of the molecule is O=C(c1ccncn1)c1cccc2c1OCC2. The van der Waals surface area contributed by atoms with Gasteiger partial charge in [0.2, 0.25) is 5.78 Å². The van der Waals surface area contributed by atoms with E-state index in [1.165, 1.54) is 6.33 Å². The van der Waals surface area contributed by atoms with Gasteiger partial charge in [-0.2, -0.15) is 0 Å². The highest BCUT2D eigenvalue weighted by Crippen LogP contribution is 2.30. The zero-order valence-corrected chi connectivity index (χ0v) is 9.09. The van der Waals surface area contributed by atoms with Gasteiger partial charge in [0, 0.05) is 12.6 Å². The van der Waals surface area contributed by atoms with Crippen LogP contribution in [-0.2, 0) is 6.42 Å². The summed E-state index contributed by atoms with van der Waals surface area (Å²) in [5.41, 5.74) is 2.06. The molecule has 0 amide bonds. The normalized spacial score (nSPS) is 12.9. The largest absolute Gasteiger partial charge is 0.492 e. The molecule has 4 heteroatoms. The van der Waals surface area contributed by atoms with Crippen molar-refractivity contribution in [2.45, 2.75) is 6.42 Å². The smallest absolute Gasteiger partial charge is 0.215 e. The number of fused-ring (bicyclic) bond motifs is 1. The van der Waals surface area contributed by atoms with Crippen LogP contribution < -0.4 is 4.74 Å². The summed E-state index contributed by atoms with van der Waals surface area (Å²) in [5, 5.41) is 0. The molecule has 2 heterocycles. The Hall–Kier alpha value is -2.23. The van der Waals surface area contributed by atoms with E-state index in [0.29, 0.717) is 23.6 Å². The van der Waals surface area contributed by atoms with Crippen molar-refractivity contribution in [3.05, 3.63) is 53.6 Å². The topological polar surface area (TPSA) is 52.1 Å². The lowest BCUT2D eigenvalue weighted by Gasteiger charge is -2.06. The predicted molar refractivity (Wildman–Crippen MR) is 61.1 cm³/mol. The molecule has 0 unspecified atom stereocenters. The molecule has 0 aliphatic carbocycles. The van der Waals surface area contributed by atoms with E-state index in [1.54, 1.807) is 18.3 Å². The molecule has 1 aliphatic rings. The molecule has 0 bridgehead atoms. The van der Waals surface area contributed by atoms with Crippen molar-refractivity contribution in [1.29, 1.82) is 0 Å². The van der Waals surface area contributed by atoms with Gasteiger partial charge >= 0.3 is 0 Å². The molecular formula is C13H10N2O2. The summed E-state index contributed by atoms with van der Waals surface area (Å²) >= 11 is 0. The van der Waals surface area contributed by atoms with Gasteiger partial charge in [-0.1, -0.05) is 12.1 Å². The summed E-state index contributed by atoms with van der Waals surface area (Å²) in [6.45, 7) is 0.642. The summed E-state index contributed by atoms with van der Waals surface area (Å²) in [7, 11) is 0. The van der Waals surface area contributed by atoms with Gasteiger partial charge < -0.3 is 4.74 Å². The van der Waals surface area contributed by atoms with Crippen LogP contribution in [0.3, 0.4) is 0 Å². The minimum atomic E-state index is -0.119. The first kappa shape index (κ1) is 9.96. The quantitative estimate of drug-likeness (QED) is 0.730. The Kier molecular flexibility index (Phi) is 2.33. The third-order valence-corrected chi connectivity index (χ3v) is 2.77. The number of nitrogens with zero attached hydrogens (tertiary/aromatic N) is 2. The third-order valence-electron chi connectivity index (χ3n) is 2.77. The summed E-state index contributed by atoms with van der Waals surface area (Å²) in [5.74, 6) is 0.585. The molecule has 0 saturated carbocycles. The number of ketones is 1. The maximum absolute atomic E-state index is 12.2. The van der Waals surface area contributed by atoms with Crippen molar-refractivity contribution in [2.24, 2.45) is 0 Å². The zero-order chi connectivity index (χ0) is 11.7. The number of hydrogen-bond acceptors (Lipinski definition) is 4. The van der Waals surface area contributed by atoms with E-state index in [-0.39, 0.29) is 5.78 Å². The molecule has 17 heavy (non-hydrogen) atoms. The molecule has 1 aromatic heterocycles. The van der Waals surface area contributed by atoms with Crippen LogP contribution in [0, 0.1) is 0 Å². The molecule has 0 atom stereocenters. The molecule has 1 aliphatic heterocycles. The van der Waals surface area contributed by atoms with Gasteiger partial charge in [-0.25, -0.2) is 9.97 Å². The first-order valence-electron chi connectivity index (χ1n) is 5.41. The molecule has 0 N–H and O–H groups in total. The fraction of sp³-hybridized carbons (Fsp3) is 0.154. The number of carbonyl (C=O) groups is 1. The number of rotatable bonds is 2. The summed E-state index contributed by atoms with van der Waals surface area (Å²) in [6, 6.07) is 7.24. The Labute approximate surface area is 98.3 Å². The minimum Gasteiger partial charge on any atom is -0.492 e. The average Bonchev–Trinajstić information content (AvgIpc) is 2.87. The van der Waals surface area contributed by atoms with E-state index in [2.05, 4.69) is 9.97 Å². The molecule has 3 rings (SSSR count). The molecule has 0 saturated heterocycles. The monoisotopic (exact) mass is 226 g/mol. The van der Waals surface area contributed by atoms with Crippen molar-refractivity contribution < 1.29 is 9.53 Å². The van der Waals surface area contributed by atoms with E-state index in [0.717, 1.165) is 12.0 Å². The highest BCUT2D eigenvalue weighted by molar-refractivity contribution is 6.09. The second-order valence-corrected chi connectivity index (χ2v) is 3.82. The Morgan fingerprint density at radius 3 is 3.06 bits per heavy atom. The predicted octanol–water partition coefficient (Wildman–Crippen LogP) is 1.64. The number of hydrogen-bond donors (Lipinski definition) is 0. The summed E-state index contributed by atoms with van der Waals surface area (Å²) in [4.78, 5) is 20.0. The second kappa shape index (κ2) is 3.97. The van der Waals surface area contributed by atoms with Gasteiger partial charge in [0.25, 0.3) is 0 Å². The second-order valence-electron chi connectivity index (χ2n) is 3.82. The van der Waals surface area contributed by atoms with Crippen molar-refractivity contribution in [2.75, 3.05) is 6.61 Å². The highest BCUT2D eigenvalue weighted by atomic mass is 16.5. The Bertz CT molecular complexity index is 567.